The molecule has 2 fully saturated rings. The molecule has 2 saturated heterocycles. The number of piperidine rings is 1. The molecule has 0 unspecified atom stereocenters. The Balaban J connectivity index is 1.40. The van der Waals surface area contributed by atoms with E-state index in [9.17, 15) is 8.42 Å². The lowest BCUT2D eigenvalue weighted by atomic mass is 9.98. The Labute approximate surface area is 167 Å². The maximum Gasteiger partial charge on any atom is 0.211 e. The summed E-state index contributed by atoms with van der Waals surface area (Å²) in [5.41, 5.74) is 0.980. The van der Waals surface area contributed by atoms with E-state index in [-0.39, 0.29) is 0 Å². The molecule has 1 N–H and O–H groups in total. The van der Waals surface area contributed by atoms with Gasteiger partial charge in [-0.1, -0.05) is 5.16 Å². The molecule has 0 aliphatic carbocycles. The zero-order valence-electron chi connectivity index (χ0n) is 17.1. The molecule has 0 aromatic carbocycles. The number of piperazine rings is 1. The molecule has 0 radical (unpaired) electrons. The van der Waals surface area contributed by atoms with Gasteiger partial charge < -0.3 is 14.7 Å². The van der Waals surface area contributed by atoms with Crippen LogP contribution in [0, 0.1) is 12.8 Å². The highest BCUT2D eigenvalue weighted by atomic mass is 32.2. The van der Waals surface area contributed by atoms with Gasteiger partial charge in [-0.2, -0.15) is 0 Å². The van der Waals surface area contributed by atoms with Crippen LogP contribution >= 0.6 is 0 Å². The molecule has 10 heteroatoms. The fourth-order valence-electron chi connectivity index (χ4n) is 3.85. The van der Waals surface area contributed by atoms with E-state index in [0.29, 0.717) is 19.0 Å². The van der Waals surface area contributed by atoms with Gasteiger partial charge in [-0.05, 0) is 25.7 Å². The maximum absolute atomic E-state index is 11.6. The number of sulfonamides is 1. The molecule has 3 rings (SSSR count). The van der Waals surface area contributed by atoms with Gasteiger partial charge in [0.25, 0.3) is 0 Å². The van der Waals surface area contributed by atoms with Gasteiger partial charge in [-0.25, -0.2) is 12.7 Å². The van der Waals surface area contributed by atoms with Gasteiger partial charge in [-0.15, -0.1) is 0 Å². The predicted molar refractivity (Wildman–Crippen MR) is 109 cm³/mol. The molecule has 2 aliphatic rings. The quantitative estimate of drug-likeness (QED) is 0.551. The summed E-state index contributed by atoms with van der Waals surface area (Å²) in [5, 5.41) is 7.57. The number of aliphatic imine (C=N–C) groups is 1. The average molecular weight is 413 g/mol. The maximum atomic E-state index is 11.6. The van der Waals surface area contributed by atoms with Crippen LogP contribution < -0.4 is 5.32 Å². The van der Waals surface area contributed by atoms with Crippen LogP contribution in [0.5, 0.6) is 0 Å². The molecule has 1 aromatic rings. The lowest BCUT2D eigenvalue weighted by Gasteiger charge is -2.37. The Hall–Kier alpha value is -1.65. The van der Waals surface area contributed by atoms with Crippen molar-refractivity contribution in [1.82, 2.24) is 24.6 Å². The van der Waals surface area contributed by atoms with E-state index in [4.69, 9.17) is 4.52 Å². The van der Waals surface area contributed by atoms with Crippen molar-refractivity contribution < 1.29 is 12.9 Å². The van der Waals surface area contributed by atoms with Crippen LogP contribution in [0.1, 0.15) is 24.3 Å². The molecule has 1 aromatic heterocycles. The minimum Gasteiger partial charge on any atom is -0.361 e. The highest BCUT2D eigenvalue weighted by Crippen LogP contribution is 2.18. The Kier molecular flexibility index (Phi) is 6.95. The molecule has 0 saturated carbocycles. The van der Waals surface area contributed by atoms with Crippen molar-refractivity contribution in [2.45, 2.75) is 26.3 Å². The summed E-state index contributed by atoms with van der Waals surface area (Å²) in [4.78, 5) is 9.11. The highest BCUT2D eigenvalue weighted by molar-refractivity contribution is 7.88. The van der Waals surface area contributed by atoms with Crippen LogP contribution in [0.2, 0.25) is 0 Å². The number of aromatic nitrogens is 1. The molecule has 0 atom stereocenters. The molecule has 28 heavy (non-hydrogen) atoms. The van der Waals surface area contributed by atoms with E-state index >= 15 is 0 Å². The van der Waals surface area contributed by atoms with Gasteiger partial charge >= 0.3 is 0 Å². The highest BCUT2D eigenvalue weighted by Gasteiger charge is 2.26. The normalized spacial score (nSPS) is 21.2. The summed E-state index contributed by atoms with van der Waals surface area (Å²) in [7, 11) is -1.24. The standard InChI is InChI=1S/C18H32N6O3S/c1-15-12-17(21-27-15)14-22-8-10-23(11-9-22)18(19-2)20-13-16-4-6-24(7-5-16)28(3,25)26/h12,16H,4-11,13-14H2,1-3H3,(H,19,20). The van der Waals surface area contributed by atoms with Crippen molar-refractivity contribution in [2.24, 2.45) is 10.9 Å². The SMILES string of the molecule is CN=C(NCC1CCN(S(C)(=O)=O)CC1)N1CCN(Cc2cc(C)on2)CC1. The summed E-state index contributed by atoms with van der Waals surface area (Å²) >= 11 is 0. The Morgan fingerprint density at radius 2 is 1.93 bits per heavy atom. The van der Waals surface area contributed by atoms with Crippen LogP contribution in [0.15, 0.2) is 15.6 Å². The second-order valence-corrected chi connectivity index (χ2v) is 9.71. The third-order valence-electron chi connectivity index (χ3n) is 5.54. The lowest BCUT2D eigenvalue weighted by Crippen LogP contribution is -2.53. The fraction of sp³-hybridized carbons (Fsp3) is 0.778. The third-order valence-corrected chi connectivity index (χ3v) is 6.84. The summed E-state index contributed by atoms with van der Waals surface area (Å²) < 4.78 is 30.0. The van der Waals surface area contributed by atoms with Crippen LogP contribution in [0.25, 0.3) is 0 Å². The molecule has 9 nitrogen and oxygen atoms in total. The smallest absolute Gasteiger partial charge is 0.211 e. The minimum atomic E-state index is -3.06. The summed E-state index contributed by atoms with van der Waals surface area (Å²) in [6.45, 7) is 8.55. The Bertz CT molecular complexity index is 762. The number of rotatable bonds is 5. The number of hydrogen-bond donors (Lipinski definition) is 1. The van der Waals surface area contributed by atoms with E-state index in [1.807, 2.05) is 20.0 Å². The Morgan fingerprint density at radius 3 is 2.46 bits per heavy atom. The molecule has 158 valence electrons. The summed E-state index contributed by atoms with van der Waals surface area (Å²) in [5.74, 6) is 2.26. The average Bonchev–Trinajstić information content (AvgIpc) is 3.08. The van der Waals surface area contributed by atoms with Gasteiger partial charge in [0.15, 0.2) is 5.96 Å². The number of guanidine groups is 1. The van der Waals surface area contributed by atoms with E-state index in [0.717, 1.165) is 69.5 Å². The van der Waals surface area contributed by atoms with Crippen molar-refractivity contribution in [1.29, 1.82) is 0 Å². The predicted octanol–water partition coefficient (Wildman–Crippen LogP) is 0.348. The number of aryl methyl sites for hydroxylation is 1. The molecule has 2 aliphatic heterocycles. The lowest BCUT2D eigenvalue weighted by molar-refractivity contribution is 0.168. The summed E-state index contributed by atoms with van der Waals surface area (Å²) in [6, 6.07) is 1.99. The molecule has 0 bridgehead atoms. The number of nitrogens with one attached hydrogen (secondary N) is 1. The first-order valence-electron chi connectivity index (χ1n) is 9.90. The second kappa shape index (κ2) is 9.23. The van der Waals surface area contributed by atoms with Crippen LogP contribution in [-0.4, -0.2) is 92.8 Å². The van der Waals surface area contributed by atoms with E-state index in [2.05, 4.69) is 25.3 Å². The topological polar surface area (TPSA) is 94.3 Å². The van der Waals surface area contributed by atoms with Crippen molar-refractivity contribution in [3.8, 4) is 0 Å². The van der Waals surface area contributed by atoms with Crippen molar-refractivity contribution in [3.63, 3.8) is 0 Å². The molecular formula is C18H32N6O3S. The molecule has 3 heterocycles. The molecular weight excluding hydrogens is 380 g/mol. The minimum absolute atomic E-state index is 0.478. The van der Waals surface area contributed by atoms with Gasteiger partial charge in [0.1, 0.15) is 5.76 Å². The zero-order valence-corrected chi connectivity index (χ0v) is 17.9. The summed E-state index contributed by atoms with van der Waals surface area (Å²) in [6.07, 6.45) is 3.07. The van der Waals surface area contributed by atoms with Gasteiger partial charge in [0, 0.05) is 65.5 Å². The first kappa shape index (κ1) is 21.1. The van der Waals surface area contributed by atoms with Crippen molar-refractivity contribution in [2.75, 3.05) is 59.1 Å². The second-order valence-electron chi connectivity index (χ2n) is 7.73. The number of nitrogens with zero attached hydrogens (tertiary/aromatic N) is 5. The zero-order chi connectivity index (χ0) is 20.1. The molecule has 0 spiro atoms. The van der Waals surface area contributed by atoms with Crippen LogP contribution in [-0.2, 0) is 16.6 Å². The largest absolute Gasteiger partial charge is 0.361 e. The van der Waals surface area contributed by atoms with Gasteiger partial charge in [-0.3, -0.25) is 9.89 Å². The van der Waals surface area contributed by atoms with Gasteiger partial charge in [0.05, 0.1) is 11.9 Å². The van der Waals surface area contributed by atoms with E-state index < -0.39 is 10.0 Å². The monoisotopic (exact) mass is 412 g/mol. The fourth-order valence-corrected chi connectivity index (χ4v) is 4.73. The van der Waals surface area contributed by atoms with Crippen molar-refractivity contribution in [3.05, 3.63) is 17.5 Å². The van der Waals surface area contributed by atoms with Crippen molar-refractivity contribution >= 4 is 16.0 Å². The molecule has 0 amide bonds. The van der Waals surface area contributed by atoms with E-state index in [1.54, 1.807) is 4.31 Å². The van der Waals surface area contributed by atoms with Crippen LogP contribution in [0.3, 0.4) is 0 Å². The first-order valence-corrected chi connectivity index (χ1v) is 11.7. The number of hydrogen-bond acceptors (Lipinski definition) is 6. The first-order chi connectivity index (χ1) is 13.3. The Morgan fingerprint density at radius 1 is 1.25 bits per heavy atom. The van der Waals surface area contributed by atoms with Crippen LogP contribution in [0.4, 0.5) is 0 Å². The van der Waals surface area contributed by atoms with Gasteiger partial charge in [0.2, 0.25) is 10.0 Å². The van der Waals surface area contributed by atoms with E-state index in [1.165, 1.54) is 6.26 Å². The third kappa shape index (κ3) is 5.68.